The van der Waals surface area contributed by atoms with Gasteiger partial charge in [0.15, 0.2) is 11.3 Å². The van der Waals surface area contributed by atoms with Crippen molar-refractivity contribution < 1.29 is 14.4 Å². The molecule has 0 saturated carbocycles. The molecule has 0 bridgehead atoms. The maximum atomic E-state index is 12.8. The number of hydrogen-bond donors (Lipinski definition) is 3. The number of hydrogen-bond acceptors (Lipinski definition) is 6. The predicted octanol–water partition coefficient (Wildman–Crippen LogP) is 0.176. The van der Waals surface area contributed by atoms with Crippen molar-refractivity contribution in [2.75, 3.05) is 12.8 Å². The minimum Gasteiger partial charge on any atom is -0.368 e. The van der Waals surface area contributed by atoms with Crippen LogP contribution in [0.1, 0.15) is 46.0 Å². The normalized spacial score (nSPS) is 22.0. The fourth-order valence-electron chi connectivity index (χ4n) is 2.62. The van der Waals surface area contributed by atoms with Crippen LogP contribution in [0.25, 0.3) is 0 Å². The van der Waals surface area contributed by atoms with E-state index in [1.807, 2.05) is 20.1 Å². The van der Waals surface area contributed by atoms with Crippen LogP contribution in [0.3, 0.4) is 0 Å². The molecule has 8 heteroatoms. The molecule has 1 fully saturated rings. The molecule has 0 spiro atoms. The molecule has 1 aliphatic heterocycles. The maximum Gasteiger partial charge on any atom is 0.253 e. The molecule has 0 aromatic carbocycles. The van der Waals surface area contributed by atoms with E-state index >= 15 is 0 Å². The van der Waals surface area contributed by atoms with Crippen LogP contribution in [-0.2, 0) is 14.4 Å². The quantitative estimate of drug-likeness (QED) is 0.486. The standard InChI is InChI=1S/C15H28N4O3S/c1-4-5-6-12(20)15(14(17)22,9-10(2)23-3)18-19-8-7-11(16)13(19)21/h10-11,18H,4-9,16H2,1-3H3,(H2,17,22)/t10-,11?,15+/m1/s1. The number of rotatable bonds is 10. The highest BCUT2D eigenvalue weighted by atomic mass is 32.2. The first-order chi connectivity index (χ1) is 10.8. The van der Waals surface area contributed by atoms with Crippen LogP contribution in [0.2, 0.25) is 0 Å². The Morgan fingerprint density at radius 1 is 1.52 bits per heavy atom. The first kappa shape index (κ1) is 19.9. The van der Waals surface area contributed by atoms with Crippen LogP contribution in [-0.4, -0.2) is 52.2 Å². The summed E-state index contributed by atoms with van der Waals surface area (Å²) in [5.41, 5.74) is 12.6. The lowest BCUT2D eigenvalue weighted by molar-refractivity contribution is -0.143. The number of primary amides is 1. The van der Waals surface area contributed by atoms with E-state index in [9.17, 15) is 14.4 Å². The molecule has 3 atom stereocenters. The summed E-state index contributed by atoms with van der Waals surface area (Å²) in [5, 5.41) is 1.32. The summed E-state index contributed by atoms with van der Waals surface area (Å²) in [7, 11) is 0. The Balaban J connectivity index is 3.08. The fraction of sp³-hybridized carbons (Fsp3) is 0.800. The summed E-state index contributed by atoms with van der Waals surface area (Å²) in [4.78, 5) is 37.0. The van der Waals surface area contributed by atoms with Crippen LogP contribution in [0.5, 0.6) is 0 Å². The van der Waals surface area contributed by atoms with Gasteiger partial charge >= 0.3 is 0 Å². The molecule has 0 aromatic rings. The molecule has 23 heavy (non-hydrogen) atoms. The van der Waals surface area contributed by atoms with Gasteiger partial charge in [0.05, 0.1) is 6.04 Å². The predicted molar refractivity (Wildman–Crippen MR) is 91.5 cm³/mol. The van der Waals surface area contributed by atoms with Gasteiger partial charge in [-0.15, -0.1) is 0 Å². The molecule has 5 N–H and O–H groups in total. The third-order valence-corrected chi connectivity index (χ3v) is 5.19. The molecule has 0 aliphatic carbocycles. The van der Waals surface area contributed by atoms with Gasteiger partial charge < -0.3 is 11.5 Å². The van der Waals surface area contributed by atoms with Crippen LogP contribution in [0, 0.1) is 0 Å². The zero-order valence-electron chi connectivity index (χ0n) is 14.1. The van der Waals surface area contributed by atoms with E-state index in [-0.39, 0.29) is 29.8 Å². The van der Waals surface area contributed by atoms with Gasteiger partial charge in [0.1, 0.15) is 0 Å². The van der Waals surface area contributed by atoms with Crippen LogP contribution >= 0.6 is 11.8 Å². The van der Waals surface area contributed by atoms with E-state index < -0.39 is 17.5 Å². The minimum atomic E-state index is -1.56. The third-order valence-electron chi connectivity index (χ3n) is 4.22. The Morgan fingerprint density at radius 2 is 2.17 bits per heavy atom. The number of carbonyl (C=O) groups excluding carboxylic acids is 3. The second kappa shape index (κ2) is 8.65. The summed E-state index contributed by atoms with van der Waals surface area (Å²) in [6.07, 6.45) is 4.40. The molecule has 1 saturated heterocycles. The van der Waals surface area contributed by atoms with Gasteiger partial charge in [-0.2, -0.15) is 11.8 Å². The maximum absolute atomic E-state index is 12.8. The lowest BCUT2D eigenvalue weighted by atomic mass is 9.86. The van der Waals surface area contributed by atoms with Gasteiger partial charge in [-0.25, -0.2) is 5.43 Å². The van der Waals surface area contributed by atoms with Gasteiger partial charge in [-0.3, -0.25) is 19.4 Å². The van der Waals surface area contributed by atoms with Crippen LogP contribution in [0.4, 0.5) is 0 Å². The second-order valence-electron chi connectivity index (χ2n) is 6.04. The summed E-state index contributed by atoms with van der Waals surface area (Å²) >= 11 is 1.54. The first-order valence-corrected chi connectivity index (χ1v) is 9.28. The van der Waals surface area contributed by atoms with Crippen LogP contribution < -0.4 is 16.9 Å². The molecular weight excluding hydrogens is 316 g/mol. The zero-order valence-corrected chi connectivity index (χ0v) is 14.9. The van der Waals surface area contributed by atoms with Crippen molar-refractivity contribution in [2.24, 2.45) is 11.5 Å². The third kappa shape index (κ3) is 4.68. The highest BCUT2D eigenvalue weighted by molar-refractivity contribution is 7.99. The smallest absolute Gasteiger partial charge is 0.253 e. The monoisotopic (exact) mass is 344 g/mol. The number of unbranched alkanes of at least 4 members (excludes halogenated alkanes) is 1. The van der Waals surface area contributed by atoms with E-state index in [1.165, 1.54) is 5.01 Å². The molecule has 7 nitrogen and oxygen atoms in total. The number of ketones is 1. The molecule has 132 valence electrons. The fourth-order valence-corrected chi connectivity index (χ4v) is 3.04. The Labute approximate surface area is 141 Å². The number of nitrogens with two attached hydrogens (primary N) is 2. The van der Waals surface area contributed by atoms with Crippen molar-refractivity contribution in [2.45, 2.75) is 62.8 Å². The molecule has 1 heterocycles. The van der Waals surface area contributed by atoms with E-state index in [2.05, 4.69) is 5.43 Å². The topological polar surface area (TPSA) is 119 Å². The lowest BCUT2D eigenvalue weighted by Gasteiger charge is -2.36. The molecule has 2 amide bonds. The average molecular weight is 344 g/mol. The number of amides is 2. The van der Waals surface area contributed by atoms with Crippen molar-refractivity contribution in [1.82, 2.24) is 10.4 Å². The largest absolute Gasteiger partial charge is 0.368 e. The van der Waals surface area contributed by atoms with E-state index in [4.69, 9.17) is 11.5 Å². The molecule has 1 aliphatic rings. The van der Waals surface area contributed by atoms with Crippen molar-refractivity contribution in [3.63, 3.8) is 0 Å². The number of Topliss-reactive ketones (excluding diaryl/α,β-unsaturated/α-hetero) is 1. The molecule has 0 radical (unpaired) electrons. The molecular formula is C15H28N4O3S. The van der Waals surface area contributed by atoms with Gasteiger partial charge in [0.25, 0.3) is 5.91 Å². The van der Waals surface area contributed by atoms with Gasteiger partial charge in [0, 0.05) is 18.2 Å². The number of nitrogens with one attached hydrogen (secondary N) is 1. The first-order valence-electron chi connectivity index (χ1n) is 7.99. The average Bonchev–Trinajstić information content (AvgIpc) is 2.83. The molecule has 1 rings (SSSR count). The Morgan fingerprint density at radius 3 is 2.61 bits per heavy atom. The summed E-state index contributed by atoms with van der Waals surface area (Å²) in [6, 6.07) is -0.600. The van der Waals surface area contributed by atoms with Crippen molar-refractivity contribution in [3.05, 3.63) is 0 Å². The molecule has 0 aromatic heterocycles. The Kier molecular flexibility index (Phi) is 7.50. The Bertz CT molecular complexity index is 460. The van der Waals surface area contributed by atoms with Crippen molar-refractivity contribution >= 4 is 29.4 Å². The van der Waals surface area contributed by atoms with E-state index in [0.717, 1.165) is 6.42 Å². The van der Waals surface area contributed by atoms with Gasteiger partial charge in [-0.05, 0) is 25.5 Å². The van der Waals surface area contributed by atoms with Crippen LogP contribution in [0.15, 0.2) is 0 Å². The Hall–Kier alpha value is -1.12. The summed E-state index contributed by atoms with van der Waals surface area (Å²) in [5.74, 6) is -1.32. The number of thioether (sulfide) groups is 1. The molecule has 1 unspecified atom stereocenters. The number of hydrazine groups is 1. The highest BCUT2D eigenvalue weighted by Gasteiger charge is 2.47. The lowest BCUT2D eigenvalue weighted by Crippen LogP contribution is -2.67. The minimum absolute atomic E-state index is 0.0342. The number of carbonyl (C=O) groups is 3. The van der Waals surface area contributed by atoms with Crippen molar-refractivity contribution in [1.29, 1.82) is 0 Å². The zero-order chi connectivity index (χ0) is 17.6. The van der Waals surface area contributed by atoms with Crippen molar-refractivity contribution in [3.8, 4) is 0 Å². The highest BCUT2D eigenvalue weighted by Crippen LogP contribution is 2.25. The summed E-state index contributed by atoms with van der Waals surface area (Å²) in [6.45, 7) is 4.26. The summed E-state index contributed by atoms with van der Waals surface area (Å²) < 4.78 is 0. The SMILES string of the molecule is CCCCC(=O)[C@](C[C@@H](C)SC)(NN1CCC(N)C1=O)C(N)=O. The van der Waals surface area contributed by atoms with E-state index in [0.29, 0.717) is 19.4 Å². The number of nitrogens with zero attached hydrogens (tertiary/aromatic N) is 1. The second-order valence-corrected chi connectivity index (χ2v) is 7.32. The van der Waals surface area contributed by atoms with Gasteiger partial charge in [0.2, 0.25) is 5.91 Å². The van der Waals surface area contributed by atoms with E-state index in [1.54, 1.807) is 11.8 Å². The van der Waals surface area contributed by atoms with Gasteiger partial charge in [-0.1, -0.05) is 20.3 Å².